The first-order chi connectivity index (χ1) is 9.47. The number of carbonyl (C=O) groups is 3. The molecule has 0 radical (unpaired) electrons. The van der Waals surface area contributed by atoms with Crippen molar-refractivity contribution in [2.75, 3.05) is 7.11 Å². The van der Waals surface area contributed by atoms with E-state index in [9.17, 15) is 14.4 Å². The van der Waals surface area contributed by atoms with E-state index in [-0.39, 0.29) is 18.0 Å². The maximum absolute atomic E-state index is 11.8. The molecule has 0 bridgehead atoms. The summed E-state index contributed by atoms with van der Waals surface area (Å²) in [6.07, 6.45) is 0.629. The zero-order valence-electron chi connectivity index (χ0n) is 11.7. The van der Waals surface area contributed by atoms with Crippen molar-refractivity contribution in [3.63, 3.8) is 0 Å². The fourth-order valence-electron chi connectivity index (χ4n) is 1.72. The Labute approximate surface area is 118 Å². The van der Waals surface area contributed by atoms with E-state index in [4.69, 9.17) is 5.73 Å². The number of ether oxygens (including phenoxy) is 1. The first-order valence-electron chi connectivity index (χ1n) is 6.45. The van der Waals surface area contributed by atoms with Gasteiger partial charge in [-0.3, -0.25) is 14.4 Å². The van der Waals surface area contributed by atoms with Crippen LogP contribution in [-0.2, 0) is 20.7 Å². The number of Topliss-reactive ketones (excluding diaryl/α,β-unsaturated/α-hetero) is 2. The summed E-state index contributed by atoms with van der Waals surface area (Å²) in [7, 11) is 1.29. The fourth-order valence-corrected chi connectivity index (χ4v) is 1.72. The Bertz CT molecular complexity index is 493. The number of carbonyl (C=O) groups excluding carboxylic acids is 3. The smallest absolute Gasteiger partial charge is 0.322 e. The van der Waals surface area contributed by atoms with E-state index < -0.39 is 12.0 Å². The molecule has 108 valence electrons. The van der Waals surface area contributed by atoms with Gasteiger partial charge in [-0.1, -0.05) is 31.2 Å². The third kappa shape index (κ3) is 4.59. The Morgan fingerprint density at radius 1 is 1.20 bits per heavy atom. The minimum Gasteiger partial charge on any atom is -0.468 e. The van der Waals surface area contributed by atoms with Gasteiger partial charge in [0, 0.05) is 12.0 Å². The molecule has 5 heteroatoms. The highest BCUT2D eigenvalue weighted by Crippen LogP contribution is 2.10. The third-order valence-electron chi connectivity index (χ3n) is 2.99. The highest BCUT2D eigenvalue weighted by atomic mass is 16.5. The number of benzene rings is 1. The highest BCUT2D eigenvalue weighted by Gasteiger charge is 2.15. The first-order valence-corrected chi connectivity index (χ1v) is 6.45. The summed E-state index contributed by atoms with van der Waals surface area (Å²) in [6, 6.07) is 6.02. The van der Waals surface area contributed by atoms with Gasteiger partial charge in [-0.2, -0.15) is 0 Å². The average molecular weight is 277 g/mol. The van der Waals surface area contributed by atoms with Crippen LogP contribution >= 0.6 is 0 Å². The van der Waals surface area contributed by atoms with Crippen molar-refractivity contribution < 1.29 is 19.1 Å². The van der Waals surface area contributed by atoms with Crippen LogP contribution in [0.15, 0.2) is 24.3 Å². The van der Waals surface area contributed by atoms with Crippen LogP contribution in [0.5, 0.6) is 0 Å². The molecule has 0 heterocycles. The fraction of sp³-hybridized carbons (Fsp3) is 0.400. The van der Waals surface area contributed by atoms with Crippen LogP contribution in [0.3, 0.4) is 0 Å². The van der Waals surface area contributed by atoms with Crippen LogP contribution in [0.1, 0.15) is 35.7 Å². The van der Waals surface area contributed by atoms with Gasteiger partial charge >= 0.3 is 5.97 Å². The van der Waals surface area contributed by atoms with Crippen molar-refractivity contribution in [1.82, 2.24) is 0 Å². The molecular weight excluding hydrogens is 258 g/mol. The standard InChI is InChI=1S/C15H19NO4/c1-3-12(17)9-14(18)11-6-4-10(5-7-11)8-13(16)15(19)20-2/h4-7,13H,3,8-9,16H2,1-2H3/t13-/m0/s1. The normalized spacial score (nSPS) is 11.8. The lowest BCUT2D eigenvalue weighted by Gasteiger charge is -2.09. The number of methoxy groups -OCH3 is 1. The Morgan fingerprint density at radius 3 is 2.30 bits per heavy atom. The van der Waals surface area contributed by atoms with Crippen LogP contribution in [0.25, 0.3) is 0 Å². The predicted molar refractivity (Wildman–Crippen MR) is 74.4 cm³/mol. The van der Waals surface area contributed by atoms with E-state index in [2.05, 4.69) is 4.74 Å². The second-order valence-corrected chi connectivity index (χ2v) is 4.52. The van der Waals surface area contributed by atoms with Crippen molar-refractivity contribution in [2.24, 2.45) is 5.73 Å². The third-order valence-corrected chi connectivity index (χ3v) is 2.99. The second-order valence-electron chi connectivity index (χ2n) is 4.52. The Kier molecular flexibility index (Phi) is 6.06. The van der Waals surface area contributed by atoms with Gasteiger partial charge in [0.2, 0.25) is 0 Å². The molecule has 0 unspecified atom stereocenters. The molecule has 0 saturated heterocycles. The molecule has 0 fully saturated rings. The van der Waals surface area contributed by atoms with Crippen LogP contribution in [0.2, 0.25) is 0 Å². The lowest BCUT2D eigenvalue weighted by Crippen LogP contribution is -2.33. The lowest BCUT2D eigenvalue weighted by molar-refractivity contribution is -0.142. The van der Waals surface area contributed by atoms with Crippen molar-refractivity contribution in [2.45, 2.75) is 32.2 Å². The molecule has 1 aromatic rings. The van der Waals surface area contributed by atoms with Crippen molar-refractivity contribution >= 4 is 17.5 Å². The van der Waals surface area contributed by atoms with Gasteiger partial charge in [0.15, 0.2) is 5.78 Å². The van der Waals surface area contributed by atoms with E-state index in [1.807, 2.05) is 0 Å². The summed E-state index contributed by atoms with van der Waals surface area (Å²) in [5, 5.41) is 0. The molecule has 5 nitrogen and oxygen atoms in total. The molecule has 0 spiro atoms. The van der Waals surface area contributed by atoms with E-state index in [0.717, 1.165) is 5.56 Å². The van der Waals surface area contributed by atoms with Crippen molar-refractivity contribution in [3.8, 4) is 0 Å². The van der Waals surface area contributed by atoms with Crippen molar-refractivity contribution in [1.29, 1.82) is 0 Å². The average Bonchev–Trinajstić information content (AvgIpc) is 2.46. The Balaban J connectivity index is 2.67. The Morgan fingerprint density at radius 2 is 1.80 bits per heavy atom. The summed E-state index contributed by atoms with van der Waals surface area (Å²) in [4.78, 5) is 34.2. The van der Waals surface area contributed by atoms with E-state index >= 15 is 0 Å². The van der Waals surface area contributed by atoms with Gasteiger partial charge in [0.05, 0.1) is 13.5 Å². The molecule has 2 N–H and O–H groups in total. The van der Waals surface area contributed by atoms with Crippen LogP contribution in [-0.4, -0.2) is 30.7 Å². The topological polar surface area (TPSA) is 86.5 Å². The lowest BCUT2D eigenvalue weighted by atomic mass is 10.0. The molecular formula is C15H19NO4. The summed E-state index contributed by atoms with van der Waals surface area (Å²) >= 11 is 0. The van der Waals surface area contributed by atoms with Gasteiger partial charge in [-0.05, 0) is 12.0 Å². The molecule has 0 amide bonds. The Hall–Kier alpha value is -2.01. The number of hydrogen-bond donors (Lipinski definition) is 1. The largest absolute Gasteiger partial charge is 0.468 e. The predicted octanol–water partition coefficient (Wildman–Crippen LogP) is 1.28. The van der Waals surface area contributed by atoms with Crippen LogP contribution in [0.4, 0.5) is 0 Å². The summed E-state index contributed by atoms with van der Waals surface area (Å²) < 4.78 is 4.55. The maximum atomic E-state index is 11.8. The molecule has 0 aromatic heterocycles. The minimum atomic E-state index is -0.719. The molecule has 0 aliphatic heterocycles. The van der Waals surface area contributed by atoms with E-state index in [1.165, 1.54) is 7.11 Å². The van der Waals surface area contributed by atoms with E-state index in [0.29, 0.717) is 18.4 Å². The molecule has 0 aliphatic rings. The van der Waals surface area contributed by atoms with Crippen LogP contribution < -0.4 is 5.73 Å². The molecule has 1 rings (SSSR count). The second kappa shape index (κ2) is 7.55. The maximum Gasteiger partial charge on any atom is 0.322 e. The minimum absolute atomic E-state index is 0.0719. The van der Waals surface area contributed by atoms with E-state index in [1.54, 1.807) is 31.2 Å². The zero-order valence-corrected chi connectivity index (χ0v) is 11.7. The van der Waals surface area contributed by atoms with Gasteiger partial charge in [-0.15, -0.1) is 0 Å². The SMILES string of the molecule is CCC(=O)CC(=O)c1ccc(C[C@H](N)C(=O)OC)cc1. The molecule has 0 saturated carbocycles. The number of nitrogens with two attached hydrogens (primary N) is 1. The molecule has 1 aromatic carbocycles. The molecule has 0 aliphatic carbocycles. The summed E-state index contributed by atoms with van der Waals surface area (Å²) in [6.45, 7) is 1.73. The van der Waals surface area contributed by atoms with Gasteiger partial charge in [0.1, 0.15) is 11.8 Å². The highest BCUT2D eigenvalue weighted by molar-refractivity contribution is 6.07. The zero-order chi connectivity index (χ0) is 15.1. The number of ketones is 2. The summed E-state index contributed by atoms with van der Waals surface area (Å²) in [5.74, 6) is -0.744. The number of rotatable bonds is 7. The van der Waals surface area contributed by atoms with Gasteiger partial charge in [-0.25, -0.2) is 0 Å². The summed E-state index contributed by atoms with van der Waals surface area (Å²) in [5.41, 5.74) is 6.98. The van der Waals surface area contributed by atoms with Gasteiger partial charge < -0.3 is 10.5 Å². The number of esters is 1. The molecule has 1 atom stereocenters. The quantitative estimate of drug-likeness (QED) is 0.461. The number of hydrogen-bond acceptors (Lipinski definition) is 5. The van der Waals surface area contributed by atoms with Gasteiger partial charge in [0.25, 0.3) is 0 Å². The van der Waals surface area contributed by atoms with Crippen molar-refractivity contribution in [3.05, 3.63) is 35.4 Å². The molecule has 20 heavy (non-hydrogen) atoms. The monoisotopic (exact) mass is 277 g/mol. The van der Waals surface area contributed by atoms with Crippen LogP contribution in [0, 0.1) is 0 Å². The first kappa shape index (κ1) is 16.0.